The van der Waals surface area contributed by atoms with E-state index in [1.165, 1.54) is 26.0 Å². The maximum absolute atomic E-state index is 11.4. The van der Waals surface area contributed by atoms with Gasteiger partial charge >= 0.3 is 23.9 Å². The van der Waals surface area contributed by atoms with Gasteiger partial charge in [-0.25, -0.2) is 9.59 Å². The van der Waals surface area contributed by atoms with Gasteiger partial charge in [-0.1, -0.05) is 12.2 Å². The second-order valence-electron chi connectivity index (χ2n) is 4.90. The third kappa shape index (κ3) is 11.0. The van der Waals surface area contributed by atoms with Gasteiger partial charge in [0.1, 0.15) is 0 Å². The molecule has 0 atom stereocenters. The smallest absolute Gasteiger partial charge is 0.330 e. The first-order chi connectivity index (χ1) is 11.2. The summed E-state index contributed by atoms with van der Waals surface area (Å²) in [7, 11) is 0. The topological polar surface area (TPSA) is 127 Å². The first-order valence-corrected chi connectivity index (χ1v) is 7.35. The monoisotopic (exact) mass is 342 g/mol. The number of carbonyl (C=O) groups excluding carboxylic acids is 2. The fourth-order valence-electron chi connectivity index (χ4n) is 1.42. The SMILES string of the molecule is CC(=CCCOC(=O)CCC(=O)OCCC=C(C)C(=O)O)C(=O)O. The predicted octanol–water partition coefficient (Wildman–Crippen LogP) is 1.69. The van der Waals surface area contributed by atoms with Crippen molar-refractivity contribution < 1.29 is 38.9 Å². The zero-order valence-corrected chi connectivity index (χ0v) is 13.7. The van der Waals surface area contributed by atoms with Crippen molar-refractivity contribution in [3.05, 3.63) is 23.3 Å². The maximum Gasteiger partial charge on any atom is 0.330 e. The molecule has 0 unspecified atom stereocenters. The molecular formula is C16H22O8. The number of aliphatic carboxylic acids is 2. The summed E-state index contributed by atoms with van der Waals surface area (Å²) in [6.07, 6.45) is 3.18. The van der Waals surface area contributed by atoms with E-state index < -0.39 is 23.9 Å². The van der Waals surface area contributed by atoms with Crippen LogP contribution in [0.25, 0.3) is 0 Å². The van der Waals surface area contributed by atoms with Crippen LogP contribution in [0.5, 0.6) is 0 Å². The van der Waals surface area contributed by atoms with Crippen LogP contribution in [0, 0.1) is 0 Å². The van der Waals surface area contributed by atoms with E-state index in [2.05, 4.69) is 0 Å². The van der Waals surface area contributed by atoms with Gasteiger partial charge in [0, 0.05) is 24.0 Å². The van der Waals surface area contributed by atoms with E-state index >= 15 is 0 Å². The lowest BCUT2D eigenvalue weighted by atomic mass is 10.2. The molecule has 0 aromatic heterocycles. The van der Waals surface area contributed by atoms with Crippen LogP contribution in [-0.4, -0.2) is 47.3 Å². The molecule has 0 aliphatic carbocycles. The fourth-order valence-corrected chi connectivity index (χ4v) is 1.42. The Bertz CT molecular complexity index is 482. The lowest BCUT2D eigenvalue weighted by molar-refractivity contribution is -0.150. The van der Waals surface area contributed by atoms with Crippen molar-refractivity contribution in [2.75, 3.05) is 13.2 Å². The third-order valence-corrected chi connectivity index (χ3v) is 2.87. The molecule has 134 valence electrons. The van der Waals surface area contributed by atoms with Gasteiger partial charge in [-0.15, -0.1) is 0 Å². The highest BCUT2D eigenvalue weighted by Gasteiger charge is 2.09. The van der Waals surface area contributed by atoms with E-state index in [-0.39, 0.29) is 50.0 Å². The van der Waals surface area contributed by atoms with Crippen molar-refractivity contribution in [1.29, 1.82) is 0 Å². The van der Waals surface area contributed by atoms with Crippen LogP contribution in [0.4, 0.5) is 0 Å². The highest BCUT2D eigenvalue weighted by molar-refractivity contribution is 5.86. The molecule has 2 N–H and O–H groups in total. The Morgan fingerprint density at radius 2 is 1.08 bits per heavy atom. The molecular weight excluding hydrogens is 320 g/mol. The van der Waals surface area contributed by atoms with E-state index in [1.54, 1.807) is 0 Å². The van der Waals surface area contributed by atoms with E-state index in [1.807, 2.05) is 0 Å². The van der Waals surface area contributed by atoms with E-state index in [0.717, 1.165) is 0 Å². The number of esters is 2. The van der Waals surface area contributed by atoms with Crippen molar-refractivity contribution in [3.8, 4) is 0 Å². The number of ether oxygens (including phenoxy) is 2. The molecule has 0 aromatic carbocycles. The Kier molecular flexibility index (Phi) is 10.6. The Hall–Kier alpha value is -2.64. The van der Waals surface area contributed by atoms with Crippen molar-refractivity contribution in [3.63, 3.8) is 0 Å². The molecule has 0 amide bonds. The summed E-state index contributed by atoms with van der Waals surface area (Å²) in [5, 5.41) is 17.2. The summed E-state index contributed by atoms with van der Waals surface area (Å²) in [4.78, 5) is 43.8. The summed E-state index contributed by atoms with van der Waals surface area (Å²) in [6.45, 7) is 2.95. The molecule has 24 heavy (non-hydrogen) atoms. The average Bonchev–Trinajstić information content (AvgIpc) is 2.52. The van der Waals surface area contributed by atoms with Gasteiger partial charge in [-0.3, -0.25) is 9.59 Å². The number of carboxylic acid groups (broad SMARTS) is 2. The molecule has 0 aliphatic heterocycles. The highest BCUT2D eigenvalue weighted by Crippen LogP contribution is 2.01. The zero-order valence-electron chi connectivity index (χ0n) is 13.7. The molecule has 0 bridgehead atoms. The standard InChI is InChI=1S/C16H22O8/c1-11(15(19)20)5-3-9-23-13(17)7-8-14(18)24-10-4-6-12(2)16(21)22/h5-6H,3-4,7-10H2,1-2H3,(H,19,20)(H,21,22). The molecule has 8 nitrogen and oxygen atoms in total. The summed E-state index contributed by atoms with van der Waals surface area (Å²) < 4.78 is 9.69. The molecule has 0 aromatic rings. The number of carbonyl (C=O) groups is 4. The van der Waals surface area contributed by atoms with Crippen molar-refractivity contribution in [1.82, 2.24) is 0 Å². The minimum Gasteiger partial charge on any atom is -0.478 e. The average molecular weight is 342 g/mol. The van der Waals surface area contributed by atoms with Crippen LogP contribution in [0.2, 0.25) is 0 Å². The number of carboxylic acids is 2. The largest absolute Gasteiger partial charge is 0.478 e. The molecule has 0 spiro atoms. The highest BCUT2D eigenvalue weighted by atomic mass is 16.5. The Morgan fingerprint density at radius 1 is 0.750 bits per heavy atom. The number of rotatable bonds is 11. The normalized spacial score (nSPS) is 11.8. The van der Waals surface area contributed by atoms with Crippen LogP contribution in [0.1, 0.15) is 39.5 Å². The molecule has 0 aliphatic rings. The number of hydrogen-bond donors (Lipinski definition) is 2. The van der Waals surface area contributed by atoms with Gasteiger partial charge in [-0.2, -0.15) is 0 Å². The van der Waals surface area contributed by atoms with Gasteiger partial charge in [0.05, 0.1) is 26.1 Å². The third-order valence-electron chi connectivity index (χ3n) is 2.87. The lowest BCUT2D eigenvalue weighted by Crippen LogP contribution is -2.11. The van der Waals surface area contributed by atoms with Crippen LogP contribution < -0.4 is 0 Å². The first kappa shape index (κ1) is 21.4. The first-order valence-electron chi connectivity index (χ1n) is 7.35. The molecule has 0 heterocycles. The Balaban J connectivity index is 3.81. The molecule has 0 radical (unpaired) electrons. The fraction of sp³-hybridized carbons (Fsp3) is 0.500. The van der Waals surface area contributed by atoms with Crippen LogP contribution in [0.15, 0.2) is 23.3 Å². The van der Waals surface area contributed by atoms with Crippen LogP contribution >= 0.6 is 0 Å². The maximum atomic E-state index is 11.4. The van der Waals surface area contributed by atoms with Crippen LogP contribution in [-0.2, 0) is 28.7 Å². The quantitative estimate of drug-likeness (QED) is 0.330. The minimum atomic E-state index is -1.03. The summed E-state index contributed by atoms with van der Waals surface area (Å²) in [5.74, 6) is -3.21. The number of hydrogen-bond acceptors (Lipinski definition) is 6. The molecule has 0 rings (SSSR count). The van der Waals surface area contributed by atoms with Gasteiger partial charge in [-0.05, 0) is 13.8 Å². The Morgan fingerprint density at radius 3 is 1.38 bits per heavy atom. The van der Waals surface area contributed by atoms with Gasteiger partial charge in [0.15, 0.2) is 0 Å². The molecule has 0 saturated carbocycles. The second-order valence-corrected chi connectivity index (χ2v) is 4.90. The zero-order chi connectivity index (χ0) is 18.5. The lowest BCUT2D eigenvalue weighted by Gasteiger charge is -2.04. The van der Waals surface area contributed by atoms with Crippen molar-refractivity contribution >= 4 is 23.9 Å². The van der Waals surface area contributed by atoms with Gasteiger partial charge in [0.25, 0.3) is 0 Å². The van der Waals surface area contributed by atoms with E-state index in [4.69, 9.17) is 19.7 Å². The van der Waals surface area contributed by atoms with E-state index in [0.29, 0.717) is 0 Å². The summed E-state index contributed by atoms with van der Waals surface area (Å²) in [6, 6.07) is 0. The van der Waals surface area contributed by atoms with Crippen LogP contribution in [0.3, 0.4) is 0 Å². The van der Waals surface area contributed by atoms with E-state index in [9.17, 15) is 19.2 Å². The predicted molar refractivity (Wildman–Crippen MR) is 83.2 cm³/mol. The van der Waals surface area contributed by atoms with Crippen molar-refractivity contribution in [2.45, 2.75) is 39.5 Å². The second kappa shape index (κ2) is 11.9. The van der Waals surface area contributed by atoms with Crippen molar-refractivity contribution in [2.24, 2.45) is 0 Å². The van der Waals surface area contributed by atoms with Gasteiger partial charge < -0.3 is 19.7 Å². The molecule has 8 heteroatoms. The summed E-state index contributed by atoms with van der Waals surface area (Å²) >= 11 is 0. The molecule has 0 fully saturated rings. The minimum absolute atomic E-state index is 0.0394. The summed E-state index contributed by atoms with van der Waals surface area (Å²) in [5.41, 5.74) is 0.337. The molecule has 0 saturated heterocycles. The Labute approximate surface area is 139 Å². The van der Waals surface area contributed by atoms with Gasteiger partial charge in [0.2, 0.25) is 0 Å².